The molecule has 0 radical (unpaired) electrons. The van der Waals surface area contributed by atoms with Gasteiger partial charge in [-0.1, -0.05) is 23.7 Å². The molecule has 0 unspecified atom stereocenters. The lowest BCUT2D eigenvalue weighted by Crippen LogP contribution is -2.07. The van der Waals surface area contributed by atoms with Crippen LogP contribution in [0.1, 0.15) is 15.9 Å². The van der Waals surface area contributed by atoms with Crippen molar-refractivity contribution < 1.29 is 13.9 Å². The van der Waals surface area contributed by atoms with E-state index in [-0.39, 0.29) is 11.6 Å². The number of halogens is 3. The largest absolute Gasteiger partial charge is 0.457 e. The third-order valence-electron chi connectivity index (χ3n) is 2.62. The van der Waals surface area contributed by atoms with E-state index in [1.807, 2.05) is 0 Å². The third kappa shape index (κ3) is 3.29. The van der Waals surface area contributed by atoms with Crippen LogP contribution in [-0.4, -0.2) is 5.97 Å². The first-order valence-corrected chi connectivity index (χ1v) is 6.81. The number of nitrogens with two attached hydrogens (primary N) is 1. The second kappa shape index (κ2) is 6.24. The minimum absolute atomic E-state index is 0.0425. The Morgan fingerprint density at radius 1 is 1.35 bits per heavy atom. The molecule has 0 spiro atoms. The van der Waals surface area contributed by atoms with Crippen LogP contribution in [0.4, 0.5) is 10.1 Å². The molecule has 2 aromatic rings. The number of hydrogen-bond acceptors (Lipinski definition) is 3. The summed E-state index contributed by atoms with van der Waals surface area (Å²) in [6.45, 7) is -0.0425. The minimum atomic E-state index is -0.537. The third-order valence-corrected chi connectivity index (χ3v) is 3.86. The molecule has 0 saturated heterocycles. The average Bonchev–Trinajstić information content (AvgIpc) is 2.40. The van der Waals surface area contributed by atoms with Gasteiger partial charge in [0.15, 0.2) is 0 Å². The van der Waals surface area contributed by atoms with Gasteiger partial charge in [-0.05, 0) is 40.2 Å². The smallest absolute Gasteiger partial charge is 0.339 e. The highest BCUT2D eigenvalue weighted by molar-refractivity contribution is 9.10. The molecule has 2 N–H and O–H groups in total. The Hall–Kier alpha value is -1.59. The van der Waals surface area contributed by atoms with Crippen LogP contribution in [0.15, 0.2) is 40.9 Å². The van der Waals surface area contributed by atoms with E-state index < -0.39 is 11.8 Å². The van der Waals surface area contributed by atoms with Gasteiger partial charge in [0, 0.05) is 11.3 Å². The number of ether oxygens (including phenoxy) is 1. The van der Waals surface area contributed by atoms with Crippen molar-refractivity contribution in [2.45, 2.75) is 6.61 Å². The Labute approximate surface area is 128 Å². The summed E-state index contributed by atoms with van der Waals surface area (Å²) in [6, 6.07) is 8.81. The molecule has 0 bridgehead atoms. The van der Waals surface area contributed by atoms with Crippen molar-refractivity contribution in [1.82, 2.24) is 0 Å². The molecule has 2 aromatic carbocycles. The number of rotatable bonds is 3. The van der Waals surface area contributed by atoms with Crippen molar-refractivity contribution in [3.8, 4) is 0 Å². The molecule has 104 valence electrons. The Balaban J connectivity index is 2.11. The molecular formula is C14H10BrClFNO2. The number of anilines is 1. The van der Waals surface area contributed by atoms with Crippen LogP contribution in [0.2, 0.25) is 5.02 Å². The van der Waals surface area contributed by atoms with Gasteiger partial charge in [0.2, 0.25) is 0 Å². The molecule has 0 heterocycles. The second-order valence-corrected chi connectivity index (χ2v) is 5.22. The molecule has 0 atom stereocenters. The van der Waals surface area contributed by atoms with Crippen LogP contribution in [0, 0.1) is 5.82 Å². The molecule has 3 nitrogen and oxygen atoms in total. The number of nitrogen functional groups attached to an aromatic ring is 1. The Morgan fingerprint density at radius 3 is 2.80 bits per heavy atom. The van der Waals surface area contributed by atoms with Crippen molar-refractivity contribution >= 4 is 39.2 Å². The zero-order chi connectivity index (χ0) is 14.7. The van der Waals surface area contributed by atoms with Crippen LogP contribution in [0.5, 0.6) is 0 Å². The number of carbonyl (C=O) groups is 1. The van der Waals surface area contributed by atoms with Crippen molar-refractivity contribution in [2.75, 3.05) is 5.73 Å². The first kappa shape index (κ1) is 14.8. The standard InChI is InChI=1S/C14H10BrClFNO2/c15-13-10(2-1-3-12(13)18)14(19)20-7-8-4-5-9(17)6-11(8)16/h1-6H,7,18H2. The van der Waals surface area contributed by atoms with Crippen LogP contribution in [0.25, 0.3) is 0 Å². The molecule has 6 heteroatoms. The van der Waals surface area contributed by atoms with Gasteiger partial charge in [-0.2, -0.15) is 0 Å². The van der Waals surface area contributed by atoms with Gasteiger partial charge < -0.3 is 10.5 Å². The molecular weight excluding hydrogens is 349 g/mol. The molecule has 0 aliphatic heterocycles. The monoisotopic (exact) mass is 357 g/mol. The van der Waals surface area contributed by atoms with Crippen LogP contribution < -0.4 is 5.73 Å². The van der Waals surface area contributed by atoms with Crippen LogP contribution in [0.3, 0.4) is 0 Å². The van der Waals surface area contributed by atoms with E-state index in [0.717, 1.165) is 0 Å². The summed E-state index contributed by atoms with van der Waals surface area (Å²) in [7, 11) is 0. The molecule has 0 amide bonds. The summed E-state index contributed by atoms with van der Waals surface area (Å²) in [4.78, 5) is 11.9. The Kier molecular flexibility index (Phi) is 4.62. The zero-order valence-electron chi connectivity index (χ0n) is 10.2. The van der Waals surface area contributed by atoms with Gasteiger partial charge >= 0.3 is 5.97 Å². The van der Waals surface area contributed by atoms with Crippen LogP contribution >= 0.6 is 27.5 Å². The minimum Gasteiger partial charge on any atom is -0.457 e. The van der Waals surface area contributed by atoms with E-state index in [0.29, 0.717) is 21.3 Å². The number of carbonyl (C=O) groups excluding carboxylic acids is 1. The quantitative estimate of drug-likeness (QED) is 0.661. The van der Waals surface area contributed by atoms with E-state index in [9.17, 15) is 9.18 Å². The molecule has 0 aliphatic rings. The van der Waals surface area contributed by atoms with Crippen molar-refractivity contribution in [3.05, 3.63) is 62.8 Å². The molecule has 0 fully saturated rings. The fourth-order valence-corrected chi connectivity index (χ4v) is 2.22. The Morgan fingerprint density at radius 2 is 2.10 bits per heavy atom. The van der Waals surface area contributed by atoms with E-state index in [2.05, 4.69) is 15.9 Å². The van der Waals surface area contributed by atoms with Gasteiger partial charge in [0.1, 0.15) is 12.4 Å². The number of hydrogen-bond donors (Lipinski definition) is 1. The highest BCUT2D eigenvalue weighted by atomic mass is 79.9. The van der Waals surface area contributed by atoms with Gasteiger partial charge in [-0.15, -0.1) is 0 Å². The van der Waals surface area contributed by atoms with E-state index in [4.69, 9.17) is 22.1 Å². The average molecular weight is 359 g/mol. The summed E-state index contributed by atoms with van der Waals surface area (Å²) in [5, 5.41) is 0.212. The Bertz CT molecular complexity index is 664. The first-order valence-electron chi connectivity index (χ1n) is 5.64. The van der Waals surface area contributed by atoms with Crippen LogP contribution in [-0.2, 0) is 11.3 Å². The summed E-state index contributed by atoms with van der Waals surface area (Å²) >= 11 is 9.08. The van der Waals surface area contributed by atoms with E-state index >= 15 is 0 Å². The van der Waals surface area contributed by atoms with E-state index in [1.165, 1.54) is 18.2 Å². The molecule has 2 rings (SSSR count). The number of esters is 1. The lowest BCUT2D eigenvalue weighted by atomic mass is 10.2. The maximum atomic E-state index is 12.9. The predicted molar refractivity (Wildman–Crippen MR) is 79.1 cm³/mol. The summed E-state index contributed by atoms with van der Waals surface area (Å²) in [5.41, 5.74) is 6.98. The predicted octanol–water partition coefficient (Wildman–Crippen LogP) is 4.18. The topological polar surface area (TPSA) is 52.3 Å². The zero-order valence-corrected chi connectivity index (χ0v) is 12.5. The van der Waals surface area contributed by atoms with Gasteiger partial charge in [0.25, 0.3) is 0 Å². The van der Waals surface area contributed by atoms with Gasteiger partial charge in [0.05, 0.1) is 15.1 Å². The maximum absolute atomic E-state index is 12.9. The summed E-state index contributed by atoms with van der Waals surface area (Å²) < 4.78 is 18.5. The summed E-state index contributed by atoms with van der Waals surface area (Å²) in [6.07, 6.45) is 0. The normalized spacial score (nSPS) is 10.3. The summed E-state index contributed by atoms with van der Waals surface area (Å²) in [5.74, 6) is -0.978. The maximum Gasteiger partial charge on any atom is 0.339 e. The van der Waals surface area contributed by atoms with Crippen molar-refractivity contribution in [1.29, 1.82) is 0 Å². The highest BCUT2D eigenvalue weighted by Gasteiger charge is 2.14. The van der Waals surface area contributed by atoms with Gasteiger partial charge in [-0.25, -0.2) is 9.18 Å². The first-order chi connectivity index (χ1) is 9.49. The fraction of sp³-hybridized carbons (Fsp3) is 0.0714. The fourth-order valence-electron chi connectivity index (χ4n) is 1.57. The molecule has 0 aliphatic carbocycles. The number of benzene rings is 2. The second-order valence-electron chi connectivity index (χ2n) is 4.02. The van der Waals surface area contributed by atoms with Crippen molar-refractivity contribution in [2.24, 2.45) is 0 Å². The van der Waals surface area contributed by atoms with E-state index in [1.54, 1.807) is 18.2 Å². The molecule has 20 heavy (non-hydrogen) atoms. The van der Waals surface area contributed by atoms with Crippen molar-refractivity contribution in [3.63, 3.8) is 0 Å². The van der Waals surface area contributed by atoms with Gasteiger partial charge in [-0.3, -0.25) is 0 Å². The lowest BCUT2D eigenvalue weighted by molar-refractivity contribution is 0.0472. The molecule has 0 saturated carbocycles. The SMILES string of the molecule is Nc1cccc(C(=O)OCc2ccc(F)cc2Cl)c1Br. The molecule has 0 aromatic heterocycles. The highest BCUT2D eigenvalue weighted by Crippen LogP contribution is 2.25. The lowest BCUT2D eigenvalue weighted by Gasteiger charge is -2.09.